The van der Waals surface area contributed by atoms with E-state index in [1.54, 1.807) is 11.9 Å². The summed E-state index contributed by atoms with van der Waals surface area (Å²) in [6.07, 6.45) is 7.83. The smallest absolute Gasteiger partial charge is 0.222 e. The molecule has 0 N–H and O–H groups in total. The highest BCUT2D eigenvalue weighted by molar-refractivity contribution is 5.75. The van der Waals surface area contributed by atoms with Crippen LogP contribution >= 0.6 is 0 Å². The van der Waals surface area contributed by atoms with Crippen molar-refractivity contribution in [1.29, 1.82) is 5.26 Å². The SMILES string of the molecule is CCCCCCCCC(=O)N(C)CC(C)C#N. The Morgan fingerprint density at radius 3 is 2.41 bits per heavy atom. The highest BCUT2D eigenvalue weighted by atomic mass is 16.2. The minimum absolute atomic E-state index is 0.0755. The van der Waals surface area contributed by atoms with Crippen LogP contribution in [0.1, 0.15) is 58.8 Å². The van der Waals surface area contributed by atoms with Crippen LogP contribution in [0.15, 0.2) is 0 Å². The van der Waals surface area contributed by atoms with E-state index in [1.165, 1.54) is 25.7 Å². The van der Waals surface area contributed by atoms with Gasteiger partial charge in [-0.2, -0.15) is 5.26 Å². The quantitative estimate of drug-likeness (QED) is 0.578. The lowest BCUT2D eigenvalue weighted by atomic mass is 10.1. The monoisotopic (exact) mass is 238 g/mol. The number of carbonyl (C=O) groups excluding carboxylic acids is 1. The van der Waals surface area contributed by atoms with Crippen molar-refractivity contribution in [3.05, 3.63) is 0 Å². The average Bonchev–Trinajstić information content (AvgIpc) is 2.32. The van der Waals surface area contributed by atoms with E-state index in [0.717, 1.165) is 12.8 Å². The molecule has 0 aliphatic carbocycles. The standard InChI is InChI=1S/C14H26N2O/c1-4-5-6-7-8-9-10-14(17)16(3)12-13(2)11-15/h13H,4-10,12H2,1-3H3. The molecule has 98 valence electrons. The second-order valence-corrected chi connectivity index (χ2v) is 4.82. The van der Waals surface area contributed by atoms with Gasteiger partial charge in [-0.15, -0.1) is 0 Å². The van der Waals surface area contributed by atoms with E-state index in [0.29, 0.717) is 13.0 Å². The third-order valence-corrected chi connectivity index (χ3v) is 2.94. The molecule has 1 unspecified atom stereocenters. The maximum Gasteiger partial charge on any atom is 0.222 e. The van der Waals surface area contributed by atoms with Crippen LogP contribution in [-0.2, 0) is 4.79 Å². The summed E-state index contributed by atoms with van der Waals surface area (Å²) in [6, 6.07) is 2.15. The molecule has 0 spiro atoms. The normalized spacial score (nSPS) is 11.9. The van der Waals surface area contributed by atoms with Gasteiger partial charge >= 0.3 is 0 Å². The van der Waals surface area contributed by atoms with Gasteiger partial charge in [0.15, 0.2) is 0 Å². The number of nitriles is 1. The van der Waals surface area contributed by atoms with Crippen LogP contribution in [0, 0.1) is 17.2 Å². The molecule has 0 saturated carbocycles. The van der Waals surface area contributed by atoms with Gasteiger partial charge in [-0.25, -0.2) is 0 Å². The first-order valence-corrected chi connectivity index (χ1v) is 6.75. The third-order valence-electron chi connectivity index (χ3n) is 2.94. The fourth-order valence-corrected chi connectivity index (χ4v) is 1.80. The summed E-state index contributed by atoms with van der Waals surface area (Å²) in [5.74, 6) is 0.0936. The highest BCUT2D eigenvalue weighted by Gasteiger charge is 2.11. The summed E-state index contributed by atoms with van der Waals surface area (Å²) in [4.78, 5) is 13.4. The summed E-state index contributed by atoms with van der Waals surface area (Å²) in [6.45, 7) is 4.59. The number of hydrogen-bond acceptors (Lipinski definition) is 2. The molecule has 0 aromatic carbocycles. The van der Waals surface area contributed by atoms with Crippen LogP contribution in [0.2, 0.25) is 0 Å². The second-order valence-electron chi connectivity index (χ2n) is 4.82. The molecule has 0 rings (SSSR count). The van der Waals surface area contributed by atoms with E-state index in [1.807, 2.05) is 6.92 Å². The van der Waals surface area contributed by atoms with Crippen LogP contribution in [0.25, 0.3) is 0 Å². The van der Waals surface area contributed by atoms with Crippen molar-refractivity contribution in [2.75, 3.05) is 13.6 Å². The lowest BCUT2D eigenvalue weighted by Crippen LogP contribution is -2.30. The molecule has 0 heterocycles. The van der Waals surface area contributed by atoms with E-state index < -0.39 is 0 Å². The molecular formula is C14H26N2O. The van der Waals surface area contributed by atoms with E-state index in [-0.39, 0.29) is 11.8 Å². The molecule has 1 atom stereocenters. The van der Waals surface area contributed by atoms with Crippen molar-refractivity contribution in [1.82, 2.24) is 4.90 Å². The molecule has 0 aromatic heterocycles. The molecule has 0 saturated heterocycles. The Balaban J connectivity index is 3.55. The Morgan fingerprint density at radius 2 is 1.82 bits per heavy atom. The molecular weight excluding hydrogens is 212 g/mol. The van der Waals surface area contributed by atoms with Crippen molar-refractivity contribution in [3.8, 4) is 6.07 Å². The van der Waals surface area contributed by atoms with Crippen molar-refractivity contribution < 1.29 is 4.79 Å². The first-order valence-electron chi connectivity index (χ1n) is 6.75. The minimum atomic E-state index is -0.0755. The highest BCUT2D eigenvalue weighted by Crippen LogP contribution is 2.08. The molecule has 0 bridgehead atoms. The molecule has 17 heavy (non-hydrogen) atoms. The number of rotatable bonds is 9. The largest absolute Gasteiger partial charge is 0.344 e. The van der Waals surface area contributed by atoms with Gasteiger partial charge in [0.2, 0.25) is 5.91 Å². The summed E-state index contributed by atoms with van der Waals surface area (Å²) in [5, 5.41) is 8.67. The first kappa shape index (κ1) is 16.0. The molecule has 3 nitrogen and oxygen atoms in total. The van der Waals surface area contributed by atoms with E-state index >= 15 is 0 Å². The number of unbranched alkanes of at least 4 members (excludes halogenated alkanes) is 5. The molecule has 0 radical (unpaired) electrons. The van der Waals surface area contributed by atoms with Gasteiger partial charge < -0.3 is 4.90 Å². The molecule has 1 amide bonds. The zero-order chi connectivity index (χ0) is 13.1. The van der Waals surface area contributed by atoms with E-state index in [2.05, 4.69) is 13.0 Å². The number of nitrogens with zero attached hydrogens (tertiary/aromatic N) is 2. The molecule has 0 aliphatic heterocycles. The number of hydrogen-bond donors (Lipinski definition) is 0. The minimum Gasteiger partial charge on any atom is -0.344 e. The lowest BCUT2D eigenvalue weighted by Gasteiger charge is -2.18. The van der Waals surface area contributed by atoms with Crippen LogP contribution in [-0.4, -0.2) is 24.4 Å². The molecule has 3 heteroatoms. The van der Waals surface area contributed by atoms with Crippen LogP contribution in [0.5, 0.6) is 0 Å². The van der Waals surface area contributed by atoms with Gasteiger partial charge in [0.25, 0.3) is 0 Å². The van der Waals surface area contributed by atoms with E-state index in [4.69, 9.17) is 5.26 Å². The summed E-state index contributed by atoms with van der Waals surface area (Å²) < 4.78 is 0. The Bertz CT molecular complexity index is 245. The van der Waals surface area contributed by atoms with E-state index in [9.17, 15) is 4.79 Å². The van der Waals surface area contributed by atoms with Crippen molar-refractivity contribution in [2.24, 2.45) is 5.92 Å². The van der Waals surface area contributed by atoms with Crippen molar-refractivity contribution >= 4 is 5.91 Å². The Hall–Kier alpha value is -1.04. The molecule has 0 fully saturated rings. The van der Waals surface area contributed by atoms with Crippen molar-refractivity contribution in [2.45, 2.75) is 58.8 Å². The van der Waals surface area contributed by atoms with Gasteiger partial charge in [-0.3, -0.25) is 4.79 Å². The predicted molar refractivity (Wildman–Crippen MR) is 70.4 cm³/mol. The second kappa shape index (κ2) is 10.1. The fourth-order valence-electron chi connectivity index (χ4n) is 1.80. The summed E-state index contributed by atoms with van der Waals surface area (Å²) >= 11 is 0. The van der Waals surface area contributed by atoms with Crippen LogP contribution in [0.3, 0.4) is 0 Å². The predicted octanol–water partition coefficient (Wildman–Crippen LogP) is 3.36. The first-order chi connectivity index (χ1) is 8.11. The Morgan fingerprint density at radius 1 is 1.24 bits per heavy atom. The summed E-state index contributed by atoms with van der Waals surface area (Å²) in [7, 11) is 1.78. The van der Waals surface area contributed by atoms with Gasteiger partial charge in [0.05, 0.1) is 12.0 Å². The zero-order valence-electron chi connectivity index (χ0n) is 11.5. The van der Waals surface area contributed by atoms with Crippen molar-refractivity contribution in [3.63, 3.8) is 0 Å². The van der Waals surface area contributed by atoms with Gasteiger partial charge in [-0.05, 0) is 13.3 Å². The topological polar surface area (TPSA) is 44.1 Å². The lowest BCUT2D eigenvalue weighted by molar-refractivity contribution is -0.130. The molecule has 0 aliphatic rings. The molecule has 0 aromatic rings. The average molecular weight is 238 g/mol. The Labute approximate surface area is 106 Å². The maximum atomic E-state index is 11.7. The third kappa shape index (κ3) is 8.74. The van der Waals surface area contributed by atoms with Gasteiger partial charge in [0.1, 0.15) is 0 Å². The van der Waals surface area contributed by atoms with Crippen LogP contribution < -0.4 is 0 Å². The maximum absolute atomic E-state index is 11.7. The Kier molecular flexibility index (Phi) is 9.52. The number of amides is 1. The van der Waals surface area contributed by atoms with Gasteiger partial charge in [-0.1, -0.05) is 39.0 Å². The van der Waals surface area contributed by atoms with Gasteiger partial charge in [0, 0.05) is 20.0 Å². The summed E-state index contributed by atoms with van der Waals surface area (Å²) in [5.41, 5.74) is 0. The number of carbonyl (C=O) groups is 1. The fraction of sp³-hybridized carbons (Fsp3) is 0.857. The zero-order valence-corrected chi connectivity index (χ0v) is 11.5. The van der Waals surface area contributed by atoms with Crippen LogP contribution in [0.4, 0.5) is 0 Å².